The highest BCUT2D eigenvalue weighted by molar-refractivity contribution is 5.30. The summed E-state index contributed by atoms with van der Waals surface area (Å²) in [7, 11) is 1.72. The average Bonchev–Trinajstić information content (AvgIpc) is 2.37. The molecule has 1 saturated carbocycles. The summed E-state index contributed by atoms with van der Waals surface area (Å²) in [5.74, 6) is 1.50. The van der Waals surface area contributed by atoms with E-state index in [1.807, 2.05) is 6.07 Å². The van der Waals surface area contributed by atoms with Gasteiger partial charge >= 0.3 is 0 Å². The van der Waals surface area contributed by atoms with Gasteiger partial charge in [-0.15, -0.1) is 0 Å². The van der Waals surface area contributed by atoms with Crippen molar-refractivity contribution in [1.82, 2.24) is 0 Å². The number of nitrogens with two attached hydrogens (primary N) is 1. The van der Waals surface area contributed by atoms with Crippen molar-refractivity contribution in [2.45, 2.75) is 58.4 Å². The Hall–Kier alpha value is -1.02. The SMILES string of the molecule is COc1cccc(CC2(N)CCCCC2C(C)(C)C)c1. The molecule has 1 aliphatic rings. The minimum atomic E-state index is -0.0805. The fourth-order valence-corrected chi connectivity index (χ4v) is 3.93. The molecule has 1 aromatic rings. The second-order valence-electron chi connectivity index (χ2n) is 7.43. The Labute approximate surface area is 123 Å². The van der Waals surface area contributed by atoms with Crippen molar-refractivity contribution in [3.05, 3.63) is 29.8 Å². The van der Waals surface area contributed by atoms with Gasteiger partial charge in [-0.25, -0.2) is 0 Å². The summed E-state index contributed by atoms with van der Waals surface area (Å²) in [4.78, 5) is 0. The largest absolute Gasteiger partial charge is 0.497 e. The minimum absolute atomic E-state index is 0.0805. The van der Waals surface area contributed by atoms with Gasteiger partial charge in [0.15, 0.2) is 0 Å². The van der Waals surface area contributed by atoms with Gasteiger partial charge in [-0.3, -0.25) is 0 Å². The van der Waals surface area contributed by atoms with Gasteiger partial charge in [0.25, 0.3) is 0 Å². The van der Waals surface area contributed by atoms with Gasteiger partial charge < -0.3 is 10.5 Å². The summed E-state index contributed by atoms with van der Waals surface area (Å²) in [6.07, 6.45) is 5.91. The smallest absolute Gasteiger partial charge is 0.119 e. The van der Waals surface area contributed by atoms with E-state index in [0.29, 0.717) is 5.92 Å². The van der Waals surface area contributed by atoms with E-state index in [9.17, 15) is 0 Å². The highest BCUT2D eigenvalue weighted by Crippen LogP contribution is 2.44. The molecule has 0 aromatic heterocycles. The second kappa shape index (κ2) is 5.77. The van der Waals surface area contributed by atoms with Crippen molar-refractivity contribution in [2.75, 3.05) is 7.11 Å². The zero-order valence-electron chi connectivity index (χ0n) is 13.4. The van der Waals surface area contributed by atoms with Crippen LogP contribution in [0.15, 0.2) is 24.3 Å². The van der Waals surface area contributed by atoms with Gasteiger partial charge in [-0.05, 0) is 48.3 Å². The molecular formula is C18H29NO. The van der Waals surface area contributed by atoms with Crippen molar-refractivity contribution in [3.8, 4) is 5.75 Å². The Morgan fingerprint density at radius 3 is 2.70 bits per heavy atom. The molecule has 2 unspecified atom stereocenters. The van der Waals surface area contributed by atoms with Gasteiger partial charge in [0, 0.05) is 5.54 Å². The number of methoxy groups -OCH3 is 1. The van der Waals surface area contributed by atoms with Crippen LogP contribution >= 0.6 is 0 Å². The van der Waals surface area contributed by atoms with Crippen LogP contribution < -0.4 is 10.5 Å². The van der Waals surface area contributed by atoms with E-state index in [-0.39, 0.29) is 11.0 Å². The molecule has 0 spiro atoms. The molecule has 2 N–H and O–H groups in total. The molecule has 2 heteroatoms. The fourth-order valence-electron chi connectivity index (χ4n) is 3.93. The lowest BCUT2D eigenvalue weighted by molar-refractivity contribution is 0.0793. The molecule has 0 aliphatic heterocycles. The first-order valence-corrected chi connectivity index (χ1v) is 7.77. The van der Waals surface area contributed by atoms with Crippen molar-refractivity contribution in [2.24, 2.45) is 17.1 Å². The Kier molecular flexibility index (Phi) is 4.43. The second-order valence-corrected chi connectivity index (χ2v) is 7.43. The van der Waals surface area contributed by atoms with E-state index < -0.39 is 0 Å². The maximum atomic E-state index is 6.87. The predicted octanol–water partition coefficient (Wildman–Crippen LogP) is 4.17. The predicted molar refractivity (Wildman–Crippen MR) is 85.0 cm³/mol. The zero-order valence-corrected chi connectivity index (χ0v) is 13.4. The van der Waals surface area contributed by atoms with E-state index in [1.54, 1.807) is 7.11 Å². The summed E-state index contributed by atoms with van der Waals surface area (Å²) < 4.78 is 5.33. The molecule has 2 atom stereocenters. The van der Waals surface area contributed by atoms with Crippen LogP contribution in [0.3, 0.4) is 0 Å². The van der Waals surface area contributed by atoms with E-state index in [4.69, 9.17) is 10.5 Å². The highest BCUT2D eigenvalue weighted by atomic mass is 16.5. The van der Waals surface area contributed by atoms with Crippen LogP contribution in [0.1, 0.15) is 52.0 Å². The molecule has 0 saturated heterocycles. The molecule has 20 heavy (non-hydrogen) atoms. The average molecular weight is 275 g/mol. The molecule has 1 fully saturated rings. The molecule has 2 rings (SSSR count). The molecule has 112 valence electrons. The Morgan fingerprint density at radius 2 is 2.05 bits per heavy atom. The molecule has 0 heterocycles. The van der Waals surface area contributed by atoms with Crippen molar-refractivity contribution in [1.29, 1.82) is 0 Å². The monoisotopic (exact) mass is 275 g/mol. The van der Waals surface area contributed by atoms with Crippen molar-refractivity contribution >= 4 is 0 Å². The number of ether oxygens (including phenoxy) is 1. The molecule has 0 radical (unpaired) electrons. The van der Waals surface area contributed by atoms with Crippen LogP contribution in [0.5, 0.6) is 5.75 Å². The van der Waals surface area contributed by atoms with Crippen LogP contribution in [0.2, 0.25) is 0 Å². The van der Waals surface area contributed by atoms with E-state index in [1.165, 1.54) is 24.8 Å². The third-order valence-electron chi connectivity index (χ3n) is 4.79. The quantitative estimate of drug-likeness (QED) is 0.898. The lowest BCUT2D eigenvalue weighted by atomic mass is 9.61. The lowest BCUT2D eigenvalue weighted by Gasteiger charge is -2.48. The number of benzene rings is 1. The topological polar surface area (TPSA) is 35.2 Å². The molecule has 2 nitrogen and oxygen atoms in total. The summed E-state index contributed by atoms with van der Waals surface area (Å²) in [6.45, 7) is 6.99. The lowest BCUT2D eigenvalue weighted by Crippen LogP contribution is -2.55. The fraction of sp³-hybridized carbons (Fsp3) is 0.667. The zero-order chi connectivity index (χ0) is 14.8. The van der Waals surface area contributed by atoms with Crippen LogP contribution in [0, 0.1) is 11.3 Å². The van der Waals surface area contributed by atoms with Gasteiger partial charge in [-0.2, -0.15) is 0 Å². The Bertz CT molecular complexity index is 449. The van der Waals surface area contributed by atoms with Crippen LogP contribution in [0.25, 0.3) is 0 Å². The summed E-state index contributed by atoms with van der Waals surface area (Å²) >= 11 is 0. The van der Waals surface area contributed by atoms with E-state index in [2.05, 4.69) is 39.0 Å². The van der Waals surface area contributed by atoms with Crippen LogP contribution in [-0.2, 0) is 6.42 Å². The van der Waals surface area contributed by atoms with E-state index in [0.717, 1.165) is 18.6 Å². The summed E-state index contributed by atoms with van der Waals surface area (Å²) in [5.41, 5.74) is 8.36. The molecule has 0 amide bonds. The van der Waals surface area contributed by atoms with Gasteiger partial charge in [-0.1, -0.05) is 45.7 Å². The van der Waals surface area contributed by atoms with E-state index >= 15 is 0 Å². The molecule has 1 aromatic carbocycles. The first-order chi connectivity index (χ1) is 9.35. The molecule has 0 bridgehead atoms. The van der Waals surface area contributed by atoms with Crippen LogP contribution in [-0.4, -0.2) is 12.6 Å². The third-order valence-corrected chi connectivity index (χ3v) is 4.79. The standard InChI is InChI=1S/C18H29NO/c1-17(2,3)16-10-5-6-11-18(16,19)13-14-8-7-9-15(12-14)20-4/h7-9,12,16H,5-6,10-11,13,19H2,1-4H3. The Balaban J connectivity index is 2.23. The summed E-state index contributed by atoms with van der Waals surface area (Å²) in [6, 6.07) is 8.36. The first kappa shape index (κ1) is 15.4. The van der Waals surface area contributed by atoms with Gasteiger partial charge in [0.05, 0.1) is 7.11 Å². The van der Waals surface area contributed by atoms with Crippen molar-refractivity contribution < 1.29 is 4.74 Å². The van der Waals surface area contributed by atoms with Crippen LogP contribution in [0.4, 0.5) is 0 Å². The first-order valence-electron chi connectivity index (χ1n) is 7.77. The minimum Gasteiger partial charge on any atom is -0.497 e. The normalized spacial score (nSPS) is 27.4. The molecular weight excluding hydrogens is 246 g/mol. The Morgan fingerprint density at radius 1 is 1.30 bits per heavy atom. The maximum Gasteiger partial charge on any atom is 0.119 e. The third kappa shape index (κ3) is 3.35. The highest BCUT2D eigenvalue weighted by Gasteiger charge is 2.43. The van der Waals surface area contributed by atoms with Gasteiger partial charge in [0.1, 0.15) is 5.75 Å². The summed E-state index contributed by atoms with van der Waals surface area (Å²) in [5, 5.41) is 0. The van der Waals surface area contributed by atoms with Crippen molar-refractivity contribution in [3.63, 3.8) is 0 Å². The number of hydrogen-bond acceptors (Lipinski definition) is 2. The number of rotatable bonds is 3. The maximum absolute atomic E-state index is 6.87. The molecule has 1 aliphatic carbocycles. The number of hydrogen-bond donors (Lipinski definition) is 1. The van der Waals surface area contributed by atoms with Gasteiger partial charge in [0.2, 0.25) is 0 Å².